The van der Waals surface area contributed by atoms with Crippen molar-refractivity contribution < 1.29 is 14.7 Å². The number of fused-ring (bicyclic) bond motifs is 1. The molecule has 3 N–H and O–H groups in total. The largest absolute Gasteiger partial charge is 0.478 e. The number of rotatable bonds is 2. The molecule has 4 heteroatoms. The van der Waals surface area contributed by atoms with Crippen LogP contribution in [0.15, 0.2) is 36.4 Å². The van der Waals surface area contributed by atoms with Crippen molar-refractivity contribution in [3.8, 4) is 0 Å². The standard InChI is InChI=1S/C12H9NO3/c13-11(14)10-3-1-2-7-6-8(12(15)16)4-5-9(7)10/h1-6H,(H2,13,14)(H,15,16). The first-order chi connectivity index (χ1) is 7.59. The molecule has 0 atom stereocenters. The molecule has 0 aliphatic heterocycles. The Balaban J connectivity index is 2.73. The number of aromatic carboxylic acids is 1. The van der Waals surface area contributed by atoms with E-state index in [9.17, 15) is 9.59 Å². The first-order valence-corrected chi connectivity index (χ1v) is 4.65. The summed E-state index contributed by atoms with van der Waals surface area (Å²) in [6.45, 7) is 0. The van der Waals surface area contributed by atoms with Gasteiger partial charge in [0.1, 0.15) is 0 Å². The Bertz CT molecular complexity index is 590. The molecule has 0 heterocycles. The van der Waals surface area contributed by atoms with Crippen LogP contribution in [-0.2, 0) is 0 Å². The molecule has 0 aliphatic rings. The number of hydrogen-bond donors (Lipinski definition) is 2. The topological polar surface area (TPSA) is 80.4 Å². The van der Waals surface area contributed by atoms with Crippen LogP contribution in [-0.4, -0.2) is 17.0 Å². The van der Waals surface area contributed by atoms with Crippen molar-refractivity contribution >= 4 is 22.6 Å². The van der Waals surface area contributed by atoms with Gasteiger partial charge in [-0.25, -0.2) is 4.79 Å². The van der Waals surface area contributed by atoms with Gasteiger partial charge in [0.2, 0.25) is 5.91 Å². The van der Waals surface area contributed by atoms with Gasteiger partial charge in [-0.2, -0.15) is 0 Å². The van der Waals surface area contributed by atoms with Gasteiger partial charge < -0.3 is 10.8 Å². The molecule has 80 valence electrons. The average Bonchev–Trinajstić information content (AvgIpc) is 2.27. The van der Waals surface area contributed by atoms with Crippen molar-refractivity contribution in [1.29, 1.82) is 0 Å². The lowest BCUT2D eigenvalue weighted by molar-refractivity contribution is 0.0697. The van der Waals surface area contributed by atoms with Crippen molar-refractivity contribution in [3.05, 3.63) is 47.5 Å². The molecule has 2 aromatic carbocycles. The summed E-state index contributed by atoms with van der Waals surface area (Å²) in [6.07, 6.45) is 0. The lowest BCUT2D eigenvalue weighted by atomic mass is 10.0. The quantitative estimate of drug-likeness (QED) is 0.799. The van der Waals surface area contributed by atoms with Crippen LogP contribution in [0.4, 0.5) is 0 Å². The highest BCUT2D eigenvalue weighted by Gasteiger charge is 2.08. The fourth-order valence-corrected chi connectivity index (χ4v) is 1.63. The molecule has 0 unspecified atom stereocenters. The van der Waals surface area contributed by atoms with E-state index in [-0.39, 0.29) is 5.56 Å². The Kier molecular flexibility index (Phi) is 2.32. The number of primary amides is 1. The van der Waals surface area contributed by atoms with Crippen LogP contribution in [0.2, 0.25) is 0 Å². The summed E-state index contributed by atoms with van der Waals surface area (Å²) < 4.78 is 0. The smallest absolute Gasteiger partial charge is 0.335 e. The van der Waals surface area contributed by atoms with E-state index in [1.54, 1.807) is 24.3 Å². The molecule has 0 saturated heterocycles. The van der Waals surface area contributed by atoms with E-state index < -0.39 is 11.9 Å². The van der Waals surface area contributed by atoms with Crippen LogP contribution >= 0.6 is 0 Å². The highest BCUT2D eigenvalue weighted by atomic mass is 16.4. The second-order valence-corrected chi connectivity index (χ2v) is 3.41. The lowest BCUT2D eigenvalue weighted by Gasteiger charge is -2.03. The maximum absolute atomic E-state index is 11.1. The van der Waals surface area contributed by atoms with Crippen molar-refractivity contribution in [2.24, 2.45) is 5.73 Å². The molecule has 0 fully saturated rings. The number of carbonyl (C=O) groups is 2. The fourth-order valence-electron chi connectivity index (χ4n) is 1.63. The van der Waals surface area contributed by atoms with Crippen LogP contribution in [0.1, 0.15) is 20.7 Å². The molecule has 0 saturated carbocycles. The summed E-state index contributed by atoms with van der Waals surface area (Å²) in [4.78, 5) is 21.9. The Labute approximate surface area is 91.3 Å². The van der Waals surface area contributed by atoms with Gasteiger partial charge in [-0.05, 0) is 29.0 Å². The summed E-state index contributed by atoms with van der Waals surface area (Å²) in [5, 5.41) is 10.2. The minimum absolute atomic E-state index is 0.189. The van der Waals surface area contributed by atoms with Crippen molar-refractivity contribution in [3.63, 3.8) is 0 Å². The third kappa shape index (κ3) is 1.61. The monoisotopic (exact) mass is 215 g/mol. The zero-order valence-electron chi connectivity index (χ0n) is 8.31. The number of amides is 1. The van der Waals surface area contributed by atoms with Crippen LogP contribution in [0.5, 0.6) is 0 Å². The van der Waals surface area contributed by atoms with Gasteiger partial charge in [0.25, 0.3) is 0 Å². The maximum atomic E-state index is 11.1. The van der Waals surface area contributed by atoms with Crippen molar-refractivity contribution in [2.45, 2.75) is 0 Å². The van der Waals surface area contributed by atoms with Crippen LogP contribution in [0.3, 0.4) is 0 Å². The number of hydrogen-bond acceptors (Lipinski definition) is 2. The minimum atomic E-state index is -0.994. The van der Waals surface area contributed by atoms with Gasteiger partial charge in [0, 0.05) is 5.56 Å². The van der Waals surface area contributed by atoms with E-state index in [1.807, 2.05) is 0 Å². The summed E-state index contributed by atoms with van der Waals surface area (Å²) in [5.41, 5.74) is 5.81. The summed E-state index contributed by atoms with van der Waals surface area (Å²) >= 11 is 0. The normalized spacial score (nSPS) is 10.2. The zero-order valence-corrected chi connectivity index (χ0v) is 8.31. The van der Waals surface area contributed by atoms with E-state index in [2.05, 4.69) is 0 Å². The van der Waals surface area contributed by atoms with Crippen LogP contribution < -0.4 is 5.73 Å². The fraction of sp³-hybridized carbons (Fsp3) is 0. The number of carbonyl (C=O) groups excluding carboxylic acids is 1. The molecule has 2 aromatic rings. The van der Waals surface area contributed by atoms with E-state index in [1.165, 1.54) is 12.1 Å². The van der Waals surface area contributed by atoms with E-state index >= 15 is 0 Å². The van der Waals surface area contributed by atoms with Crippen LogP contribution in [0, 0.1) is 0 Å². The molecular weight excluding hydrogens is 206 g/mol. The number of carboxylic acids is 1. The zero-order chi connectivity index (χ0) is 11.7. The van der Waals surface area contributed by atoms with Gasteiger partial charge in [-0.1, -0.05) is 18.2 Å². The molecule has 0 spiro atoms. The second kappa shape index (κ2) is 3.66. The Morgan fingerprint density at radius 3 is 2.50 bits per heavy atom. The SMILES string of the molecule is NC(=O)c1cccc2cc(C(=O)O)ccc12. The van der Waals surface area contributed by atoms with E-state index in [4.69, 9.17) is 10.8 Å². The third-order valence-corrected chi connectivity index (χ3v) is 2.39. The second-order valence-electron chi connectivity index (χ2n) is 3.41. The highest BCUT2D eigenvalue weighted by Crippen LogP contribution is 2.20. The van der Waals surface area contributed by atoms with E-state index in [0.717, 1.165) is 0 Å². The predicted molar refractivity (Wildman–Crippen MR) is 59.4 cm³/mol. The Morgan fingerprint density at radius 1 is 1.12 bits per heavy atom. The van der Waals surface area contributed by atoms with Gasteiger partial charge in [0.05, 0.1) is 5.56 Å². The number of benzene rings is 2. The third-order valence-electron chi connectivity index (χ3n) is 2.39. The number of nitrogens with two attached hydrogens (primary N) is 1. The van der Waals surface area contributed by atoms with Crippen LogP contribution in [0.25, 0.3) is 10.8 Å². The molecule has 0 radical (unpaired) electrons. The summed E-state index contributed by atoms with van der Waals surface area (Å²) in [6, 6.07) is 9.60. The van der Waals surface area contributed by atoms with Crippen molar-refractivity contribution in [1.82, 2.24) is 0 Å². The maximum Gasteiger partial charge on any atom is 0.335 e. The summed E-state index contributed by atoms with van der Waals surface area (Å²) in [7, 11) is 0. The highest BCUT2D eigenvalue weighted by molar-refractivity contribution is 6.07. The van der Waals surface area contributed by atoms with E-state index in [0.29, 0.717) is 16.3 Å². The molecule has 0 aliphatic carbocycles. The molecule has 0 aromatic heterocycles. The minimum Gasteiger partial charge on any atom is -0.478 e. The van der Waals surface area contributed by atoms with Gasteiger partial charge >= 0.3 is 5.97 Å². The molecule has 4 nitrogen and oxygen atoms in total. The molecule has 1 amide bonds. The molecule has 16 heavy (non-hydrogen) atoms. The Morgan fingerprint density at radius 2 is 1.88 bits per heavy atom. The summed E-state index contributed by atoms with van der Waals surface area (Å²) in [5.74, 6) is -1.51. The van der Waals surface area contributed by atoms with Gasteiger partial charge in [-0.3, -0.25) is 4.79 Å². The average molecular weight is 215 g/mol. The molecule has 2 rings (SSSR count). The lowest BCUT2D eigenvalue weighted by Crippen LogP contribution is -2.11. The van der Waals surface area contributed by atoms with Gasteiger partial charge in [0.15, 0.2) is 0 Å². The number of carboxylic acid groups (broad SMARTS) is 1. The Hall–Kier alpha value is -2.36. The van der Waals surface area contributed by atoms with Crippen molar-refractivity contribution in [2.75, 3.05) is 0 Å². The van der Waals surface area contributed by atoms with Gasteiger partial charge in [-0.15, -0.1) is 0 Å². The molecule has 0 bridgehead atoms. The first kappa shape index (κ1) is 10.2. The first-order valence-electron chi connectivity index (χ1n) is 4.65. The molecular formula is C12H9NO3. The predicted octanol–water partition coefficient (Wildman–Crippen LogP) is 1.64.